The second kappa shape index (κ2) is 7.02. The van der Waals surface area contributed by atoms with Gasteiger partial charge in [-0.2, -0.15) is 0 Å². The molecule has 2 fully saturated rings. The van der Waals surface area contributed by atoms with Crippen molar-refractivity contribution in [2.24, 2.45) is 0 Å². The topological polar surface area (TPSA) is 52.6 Å². The van der Waals surface area contributed by atoms with Crippen LogP contribution in [0.3, 0.4) is 0 Å². The monoisotopic (exact) mass is 315 g/mol. The van der Waals surface area contributed by atoms with Gasteiger partial charge in [0.15, 0.2) is 0 Å². The standard InChI is InChI=1S/C18H25N3O2/c1-14-6-8-15(9-7-14)12-20-10-11-21(18(20)23)13-17(22)19-16-4-2-3-5-16/h6-9,16H,2-5,10-13H2,1H3,(H,19,22). The molecule has 1 heterocycles. The molecule has 1 saturated heterocycles. The number of benzene rings is 1. The van der Waals surface area contributed by atoms with E-state index in [1.165, 1.54) is 18.4 Å². The van der Waals surface area contributed by atoms with Crippen LogP contribution in [0.4, 0.5) is 4.79 Å². The molecule has 0 spiro atoms. The summed E-state index contributed by atoms with van der Waals surface area (Å²) < 4.78 is 0. The maximum Gasteiger partial charge on any atom is 0.320 e. The van der Waals surface area contributed by atoms with Crippen molar-refractivity contribution in [1.29, 1.82) is 0 Å². The Kier molecular flexibility index (Phi) is 4.84. The van der Waals surface area contributed by atoms with Crippen molar-refractivity contribution in [3.63, 3.8) is 0 Å². The SMILES string of the molecule is Cc1ccc(CN2CCN(CC(=O)NC3CCCC3)C2=O)cc1. The first-order chi connectivity index (χ1) is 11.1. The molecule has 0 aromatic heterocycles. The molecule has 5 nitrogen and oxygen atoms in total. The minimum atomic E-state index is -0.0350. The van der Waals surface area contributed by atoms with E-state index in [1.807, 2.05) is 4.90 Å². The van der Waals surface area contributed by atoms with Crippen LogP contribution >= 0.6 is 0 Å². The van der Waals surface area contributed by atoms with Crippen LogP contribution in [0.2, 0.25) is 0 Å². The summed E-state index contributed by atoms with van der Waals surface area (Å²) in [7, 11) is 0. The maximum atomic E-state index is 12.4. The van der Waals surface area contributed by atoms with Crippen LogP contribution in [-0.4, -0.2) is 47.4 Å². The zero-order valence-electron chi connectivity index (χ0n) is 13.8. The van der Waals surface area contributed by atoms with Gasteiger partial charge in [-0.1, -0.05) is 42.7 Å². The molecule has 0 atom stereocenters. The molecule has 2 aliphatic rings. The Morgan fingerprint density at radius 2 is 1.78 bits per heavy atom. The molecular formula is C18H25N3O2. The average molecular weight is 315 g/mol. The molecule has 23 heavy (non-hydrogen) atoms. The summed E-state index contributed by atoms with van der Waals surface area (Å²) in [6.07, 6.45) is 4.52. The first-order valence-corrected chi connectivity index (χ1v) is 8.50. The van der Waals surface area contributed by atoms with E-state index in [9.17, 15) is 9.59 Å². The van der Waals surface area contributed by atoms with Gasteiger partial charge >= 0.3 is 6.03 Å². The van der Waals surface area contributed by atoms with E-state index in [4.69, 9.17) is 0 Å². The third-order valence-electron chi connectivity index (χ3n) is 4.73. The smallest absolute Gasteiger partial charge is 0.320 e. The second-order valence-electron chi connectivity index (χ2n) is 6.66. The fourth-order valence-electron chi connectivity index (χ4n) is 3.36. The van der Waals surface area contributed by atoms with Gasteiger partial charge in [-0.15, -0.1) is 0 Å². The van der Waals surface area contributed by atoms with Gasteiger partial charge < -0.3 is 15.1 Å². The minimum Gasteiger partial charge on any atom is -0.352 e. The van der Waals surface area contributed by atoms with E-state index >= 15 is 0 Å². The second-order valence-corrected chi connectivity index (χ2v) is 6.66. The number of rotatable bonds is 5. The van der Waals surface area contributed by atoms with Gasteiger partial charge in [-0.05, 0) is 25.3 Å². The Labute approximate surface area is 137 Å². The lowest BCUT2D eigenvalue weighted by atomic mass is 10.1. The van der Waals surface area contributed by atoms with Gasteiger partial charge in [-0.3, -0.25) is 4.79 Å². The number of carbonyl (C=O) groups is 2. The first-order valence-electron chi connectivity index (χ1n) is 8.50. The molecule has 0 bridgehead atoms. The van der Waals surface area contributed by atoms with E-state index < -0.39 is 0 Å². The van der Waals surface area contributed by atoms with Crippen LogP contribution in [0.5, 0.6) is 0 Å². The minimum absolute atomic E-state index is 0.0255. The molecule has 1 aliphatic carbocycles. The highest BCUT2D eigenvalue weighted by atomic mass is 16.2. The summed E-state index contributed by atoms with van der Waals surface area (Å²) in [5.74, 6) is -0.0255. The number of urea groups is 1. The summed E-state index contributed by atoms with van der Waals surface area (Å²) in [4.78, 5) is 28.0. The van der Waals surface area contributed by atoms with Gasteiger partial charge in [0.05, 0.1) is 0 Å². The number of nitrogens with one attached hydrogen (secondary N) is 1. The molecule has 3 rings (SSSR count). The van der Waals surface area contributed by atoms with E-state index in [-0.39, 0.29) is 18.5 Å². The summed E-state index contributed by atoms with van der Waals surface area (Å²) in [6.45, 7) is 4.15. The van der Waals surface area contributed by atoms with E-state index in [0.717, 1.165) is 18.4 Å². The number of carbonyl (C=O) groups excluding carboxylic acids is 2. The maximum absolute atomic E-state index is 12.4. The molecule has 3 amide bonds. The average Bonchev–Trinajstić information content (AvgIpc) is 3.14. The summed E-state index contributed by atoms with van der Waals surface area (Å²) in [5.41, 5.74) is 2.34. The van der Waals surface area contributed by atoms with Crippen LogP contribution in [-0.2, 0) is 11.3 Å². The Morgan fingerprint density at radius 1 is 1.13 bits per heavy atom. The molecule has 1 aromatic rings. The molecule has 0 unspecified atom stereocenters. The van der Waals surface area contributed by atoms with Crippen molar-refractivity contribution < 1.29 is 9.59 Å². The largest absolute Gasteiger partial charge is 0.352 e. The Hall–Kier alpha value is -2.04. The lowest BCUT2D eigenvalue weighted by Gasteiger charge is -2.19. The predicted octanol–water partition coefficient (Wildman–Crippen LogP) is 2.29. The van der Waals surface area contributed by atoms with Crippen molar-refractivity contribution in [1.82, 2.24) is 15.1 Å². The van der Waals surface area contributed by atoms with Crippen molar-refractivity contribution >= 4 is 11.9 Å². The number of amides is 3. The van der Waals surface area contributed by atoms with Crippen molar-refractivity contribution in [2.75, 3.05) is 19.6 Å². The molecular weight excluding hydrogens is 290 g/mol. The molecule has 1 saturated carbocycles. The fraction of sp³-hybridized carbons (Fsp3) is 0.556. The van der Waals surface area contributed by atoms with E-state index in [1.54, 1.807) is 4.90 Å². The summed E-state index contributed by atoms with van der Waals surface area (Å²) in [5, 5.41) is 3.05. The molecule has 0 radical (unpaired) electrons. The van der Waals surface area contributed by atoms with Crippen LogP contribution in [0, 0.1) is 6.92 Å². The lowest BCUT2D eigenvalue weighted by molar-refractivity contribution is -0.122. The predicted molar refractivity (Wildman–Crippen MR) is 89.0 cm³/mol. The zero-order valence-corrected chi connectivity index (χ0v) is 13.8. The van der Waals surface area contributed by atoms with E-state index in [0.29, 0.717) is 25.7 Å². The van der Waals surface area contributed by atoms with Gasteiger partial charge in [0.25, 0.3) is 0 Å². The van der Waals surface area contributed by atoms with Crippen LogP contribution in [0.15, 0.2) is 24.3 Å². The fourth-order valence-corrected chi connectivity index (χ4v) is 3.36. The lowest BCUT2D eigenvalue weighted by Crippen LogP contribution is -2.42. The number of hydrogen-bond donors (Lipinski definition) is 1. The Morgan fingerprint density at radius 3 is 2.48 bits per heavy atom. The molecule has 1 aromatic carbocycles. The quantitative estimate of drug-likeness (QED) is 0.906. The van der Waals surface area contributed by atoms with Gasteiger partial charge in [0.2, 0.25) is 5.91 Å². The molecule has 5 heteroatoms. The Bertz CT molecular complexity index is 564. The normalized spacial score (nSPS) is 18.7. The number of hydrogen-bond acceptors (Lipinski definition) is 2. The summed E-state index contributed by atoms with van der Waals surface area (Å²) >= 11 is 0. The molecule has 1 N–H and O–H groups in total. The van der Waals surface area contributed by atoms with Gasteiger partial charge in [0, 0.05) is 25.7 Å². The highest BCUT2D eigenvalue weighted by Crippen LogP contribution is 2.18. The van der Waals surface area contributed by atoms with Crippen LogP contribution in [0.1, 0.15) is 36.8 Å². The number of nitrogens with zero attached hydrogens (tertiary/aromatic N) is 2. The summed E-state index contributed by atoms with van der Waals surface area (Å²) in [6, 6.07) is 8.50. The van der Waals surface area contributed by atoms with E-state index in [2.05, 4.69) is 36.5 Å². The highest BCUT2D eigenvalue weighted by molar-refractivity contribution is 5.85. The Balaban J connectivity index is 1.49. The molecule has 1 aliphatic heterocycles. The third kappa shape index (κ3) is 4.03. The highest BCUT2D eigenvalue weighted by Gasteiger charge is 2.30. The molecule has 124 valence electrons. The van der Waals surface area contributed by atoms with Gasteiger partial charge in [0.1, 0.15) is 6.54 Å². The van der Waals surface area contributed by atoms with Crippen LogP contribution < -0.4 is 5.32 Å². The zero-order chi connectivity index (χ0) is 16.2. The van der Waals surface area contributed by atoms with Gasteiger partial charge in [-0.25, -0.2) is 4.79 Å². The van der Waals surface area contributed by atoms with Crippen LogP contribution in [0.25, 0.3) is 0 Å². The van der Waals surface area contributed by atoms with Crippen molar-refractivity contribution in [3.05, 3.63) is 35.4 Å². The third-order valence-corrected chi connectivity index (χ3v) is 4.73. The van der Waals surface area contributed by atoms with Crippen molar-refractivity contribution in [2.45, 2.75) is 45.2 Å². The first kappa shape index (κ1) is 15.8. The number of aryl methyl sites for hydroxylation is 1. The van der Waals surface area contributed by atoms with Crippen molar-refractivity contribution in [3.8, 4) is 0 Å².